The SMILES string of the molecule is C=C[C]([AsH2])S(N)(=O)=O. The molecule has 0 saturated heterocycles. The van der Waals surface area contributed by atoms with Crippen LogP contribution in [0.15, 0.2) is 12.7 Å². The molecule has 0 fully saturated rings. The Balaban J connectivity index is 4.26. The molecular formula is C3H7AsNO2S. The summed E-state index contributed by atoms with van der Waals surface area (Å²) in [7, 11) is -3.43. The predicted molar refractivity (Wildman–Crippen MR) is 35.1 cm³/mol. The van der Waals surface area contributed by atoms with Crippen molar-refractivity contribution in [2.45, 2.75) is 0 Å². The van der Waals surface area contributed by atoms with E-state index in [2.05, 4.69) is 11.7 Å². The van der Waals surface area contributed by atoms with E-state index in [9.17, 15) is 8.42 Å². The zero-order valence-electron chi connectivity index (χ0n) is 4.16. The summed E-state index contributed by atoms with van der Waals surface area (Å²) >= 11 is 0.961. The monoisotopic (exact) mass is 196 g/mol. The molecule has 5 heteroatoms. The van der Waals surface area contributed by atoms with Crippen LogP contribution >= 0.6 is 0 Å². The minimum atomic E-state index is -3.43. The quantitative estimate of drug-likeness (QED) is 0.551. The first-order valence-electron chi connectivity index (χ1n) is 1.76. The fourth-order valence-electron chi connectivity index (χ4n) is 0.116. The van der Waals surface area contributed by atoms with Crippen molar-refractivity contribution in [1.29, 1.82) is 0 Å². The average Bonchev–Trinajstić information content (AvgIpc) is 1.62. The van der Waals surface area contributed by atoms with Crippen LogP contribution in [0.2, 0.25) is 0 Å². The molecule has 0 aromatic carbocycles. The van der Waals surface area contributed by atoms with E-state index in [1.165, 1.54) is 6.08 Å². The van der Waals surface area contributed by atoms with E-state index in [1.807, 2.05) is 0 Å². The van der Waals surface area contributed by atoms with Crippen molar-refractivity contribution >= 4 is 26.9 Å². The van der Waals surface area contributed by atoms with Crippen molar-refractivity contribution in [3.63, 3.8) is 0 Å². The van der Waals surface area contributed by atoms with Gasteiger partial charge in [0.25, 0.3) is 0 Å². The summed E-state index contributed by atoms with van der Waals surface area (Å²) in [6.07, 6.45) is 1.23. The number of primary sulfonamides is 1. The molecule has 8 heavy (non-hydrogen) atoms. The standard InChI is InChI=1S/C3H7AsNO2S/c1-2-3(4)8(5,6)7/h2H,1,4H2,(H2,5,6,7). The van der Waals surface area contributed by atoms with Crippen LogP contribution in [0.3, 0.4) is 0 Å². The fraction of sp³-hybridized carbons (Fsp3) is 0. The van der Waals surface area contributed by atoms with Crippen molar-refractivity contribution in [3.05, 3.63) is 16.7 Å². The van der Waals surface area contributed by atoms with Crippen LogP contribution in [-0.2, 0) is 10.0 Å². The van der Waals surface area contributed by atoms with Gasteiger partial charge in [0.1, 0.15) is 0 Å². The van der Waals surface area contributed by atoms with Gasteiger partial charge in [0.05, 0.1) is 0 Å². The molecule has 0 bridgehead atoms. The summed E-state index contributed by atoms with van der Waals surface area (Å²) in [6, 6.07) is 0. The summed E-state index contributed by atoms with van der Waals surface area (Å²) < 4.78 is 20.7. The third-order valence-corrected chi connectivity index (χ3v) is 3.92. The van der Waals surface area contributed by atoms with Gasteiger partial charge in [0.15, 0.2) is 0 Å². The van der Waals surface area contributed by atoms with Crippen molar-refractivity contribution in [1.82, 2.24) is 0 Å². The fourth-order valence-corrected chi connectivity index (χ4v) is 0.348. The third-order valence-electron chi connectivity index (χ3n) is 0.530. The Morgan fingerprint density at radius 2 is 2.12 bits per heavy atom. The Kier molecular flexibility index (Phi) is 2.74. The molecule has 0 heterocycles. The molecular weight excluding hydrogens is 189 g/mol. The van der Waals surface area contributed by atoms with Gasteiger partial charge < -0.3 is 0 Å². The van der Waals surface area contributed by atoms with Crippen molar-refractivity contribution in [2.75, 3.05) is 0 Å². The number of sulfonamides is 1. The molecule has 3 nitrogen and oxygen atoms in total. The van der Waals surface area contributed by atoms with Crippen molar-refractivity contribution in [2.24, 2.45) is 5.14 Å². The molecule has 0 aliphatic rings. The number of hydrogen-bond donors (Lipinski definition) is 1. The van der Waals surface area contributed by atoms with Crippen LogP contribution in [-0.4, -0.2) is 25.3 Å². The van der Waals surface area contributed by atoms with Gasteiger partial charge in [-0.15, -0.1) is 0 Å². The molecule has 47 valence electrons. The van der Waals surface area contributed by atoms with Crippen molar-refractivity contribution < 1.29 is 8.42 Å². The molecule has 0 spiro atoms. The van der Waals surface area contributed by atoms with Crippen LogP contribution in [0, 0.1) is 4.04 Å². The Bertz CT molecular complexity index is 174. The first-order valence-corrected chi connectivity index (χ1v) is 4.52. The summed E-state index contributed by atoms with van der Waals surface area (Å²) in [5.74, 6) is 0. The van der Waals surface area contributed by atoms with E-state index in [4.69, 9.17) is 0 Å². The zero-order valence-corrected chi connectivity index (χ0v) is 7.40. The first kappa shape index (κ1) is 8.21. The summed E-state index contributed by atoms with van der Waals surface area (Å²) in [6.45, 7) is 3.25. The second-order valence-corrected chi connectivity index (χ2v) is 4.90. The van der Waals surface area contributed by atoms with Crippen molar-refractivity contribution in [3.8, 4) is 0 Å². The second-order valence-electron chi connectivity index (χ2n) is 1.15. The summed E-state index contributed by atoms with van der Waals surface area (Å²) in [5, 5.41) is 4.67. The van der Waals surface area contributed by atoms with Gasteiger partial charge in [0, 0.05) is 0 Å². The summed E-state index contributed by atoms with van der Waals surface area (Å²) in [4.78, 5) is 0. The summed E-state index contributed by atoms with van der Waals surface area (Å²) in [5.41, 5.74) is 0. The van der Waals surface area contributed by atoms with E-state index in [1.54, 1.807) is 0 Å². The Morgan fingerprint density at radius 3 is 2.12 bits per heavy atom. The van der Waals surface area contributed by atoms with Gasteiger partial charge >= 0.3 is 57.1 Å². The molecule has 0 aliphatic carbocycles. The molecule has 0 aliphatic heterocycles. The molecule has 0 amide bonds. The van der Waals surface area contributed by atoms with Crippen LogP contribution < -0.4 is 5.14 Å². The molecule has 1 atom stereocenters. The maximum absolute atomic E-state index is 10.2. The Hall–Kier alpha value is 0.208. The molecule has 1 unspecified atom stereocenters. The van der Waals surface area contributed by atoms with Gasteiger partial charge in [0.2, 0.25) is 0 Å². The number of hydrogen-bond acceptors (Lipinski definition) is 2. The van der Waals surface area contributed by atoms with Crippen LogP contribution in [0.1, 0.15) is 0 Å². The van der Waals surface area contributed by atoms with E-state index < -0.39 is 10.0 Å². The van der Waals surface area contributed by atoms with Gasteiger partial charge in [-0.25, -0.2) is 0 Å². The number of rotatable bonds is 2. The van der Waals surface area contributed by atoms with Gasteiger partial charge in [-0.2, -0.15) is 0 Å². The van der Waals surface area contributed by atoms with Crippen LogP contribution in [0.4, 0.5) is 0 Å². The Labute approximate surface area is 57.5 Å². The molecule has 0 aromatic heterocycles. The number of nitrogens with two attached hydrogens (primary N) is 1. The average molecular weight is 196 g/mol. The predicted octanol–water partition coefficient (Wildman–Crippen LogP) is -1.42. The van der Waals surface area contributed by atoms with E-state index in [-0.39, 0.29) is 4.04 Å². The molecule has 0 saturated carbocycles. The van der Waals surface area contributed by atoms with E-state index in [0.717, 1.165) is 16.9 Å². The third kappa shape index (κ3) is 2.50. The minimum absolute atomic E-state index is 0.157. The zero-order chi connectivity index (χ0) is 6.78. The molecule has 1 radical (unpaired) electrons. The van der Waals surface area contributed by atoms with Crippen LogP contribution in [0.5, 0.6) is 0 Å². The normalized spacial score (nSPS) is 11.9. The Morgan fingerprint density at radius 1 is 1.75 bits per heavy atom. The molecule has 0 aromatic rings. The molecule has 2 N–H and O–H groups in total. The van der Waals surface area contributed by atoms with Crippen LogP contribution in [0.25, 0.3) is 0 Å². The topological polar surface area (TPSA) is 60.2 Å². The van der Waals surface area contributed by atoms with E-state index >= 15 is 0 Å². The second kappa shape index (κ2) is 2.67. The first-order chi connectivity index (χ1) is 3.48. The molecule has 0 rings (SSSR count). The van der Waals surface area contributed by atoms with Gasteiger partial charge in [-0.05, 0) is 0 Å². The maximum atomic E-state index is 10.2. The van der Waals surface area contributed by atoms with Gasteiger partial charge in [-0.3, -0.25) is 0 Å². The van der Waals surface area contributed by atoms with Gasteiger partial charge in [-0.1, -0.05) is 0 Å². The van der Waals surface area contributed by atoms with E-state index in [0.29, 0.717) is 0 Å².